The molecular formula is C13H18O4S. The van der Waals surface area contributed by atoms with E-state index in [2.05, 4.69) is 0 Å². The van der Waals surface area contributed by atoms with Crippen molar-refractivity contribution in [3.63, 3.8) is 0 Å². The summed E-state index contributed by atoms with van der Waals surface area (Å²) in [6.45, 7) is 4.72. The highest BCUT2D eigenvalue weighted by Crippen LogP contribution is 2.23. The van der Waals surface area contributed by atoms with Crippen molar-refractivity contribution in [2.24, 2.45) is 0 Å². The molecule has 1 aromatic carbocycles. The Hall–Kier alpha value is -1.36. The van der Waals surface area contributed by atoms with Crippen molar-refractivity contribution in [1.82, 2.24) is 0 Å². The van der Waals surface area contributed by atoms with Gasteiger partial charge in [-0.15, -0.1) is 0 Å². The van der Waals surface area contributed by atoms with Gasteiger partial charge in [-0.2, -0.15) is 0 Å². The number of carbonyl (C=O) groups is 1. The minimum Gasteiger partial charge on any atom is -0.496 e. The molecule has 0 bridgehead atoms. The molecule has 100 valence electrons. The van der Waals surface area contributed by atoms with Crippen LogP contribution in [0, 0.1) is 0 Å². The zero-order valence-electron chi connectivity index (χ0n) is 11.1. The van der Waals surface area contributed by atoms with Crippen molar-refractivity contribution in [3.8, 4) is 5.75 Å². The van der Waals surface area contributed by atoms with Crippen molar-refractivity contribution in [1.29, 1.82) is 0 Å². The van der Waals surface area contributed by atoms with E-state index in [1.54, 1.807) is 32.0 Å². The van der Waals surface area contributed by atoms with E-state index in [1.807, 2.05) is 0 Å². The summed E-state index contributed by atoms with van der Waals surface area (Å²) < 4.78 is 28.9. The van der Waals surface area contributed by atoms with Crippen LogP contribution in [0.1, 0.15) is 36.7 Å². The van der Waals surface area contributed by atoms with Gasteiger partial charge in [0.2, 0.25) is 0 Å². The van der Waals surface area contributed by atoms with Crippen LogP contribution in [-0.4, -0.2) is 26.6 Å². The number of carbonyl (C=O) groups excluding carboxylic acids is 1. The molecule has 0 spiro atoms. The molecule has 0 aliphatic rings. The molecule has 0 unspecified atom stereocenters. The maximum Gasteiger partial charge on any atom is 0.159 e. The summed E-state index contributed by atoms with van der Waals surface area (Å²) in [6.07, 6.45) is 0. The third kappa shape index (κ3) is 3.32. The lowest BCUT2D eigenvalue weighted by molar-refractivity contribution is 0.101. The van der Waals surface area contributed by atoms with Gasteiger partial charge in [0.25, 0.3) is 0 Å². The van der Waals surface area contributed by atoms with E-state index < -0.39 is 15.1 Å². The van der Waals surface area contributed by atoms with Gasteiger partial charge in [-0.3, -0.25) is 4.79 Å². The highest BCUT2D eigenvalue weighted by atomic mass is 32.2. The molecule has 5 heteroatoms. The molecule has 0 amide bonds. The first-order chi connectivity index (χ1) is 8.27. The minimum atomic E-state index is -3.22. The summed E-state index contributed by atoms with van der Waals surface area (Å²) in [5.41, 5.74) is 1.02. The van der Waals surface area contributed by atoms with Crippen LogP contribution in [0.2, 0.25) is 0 Å². The topological polar surface area (TPSA) is 60.4 Å². The Labute approximate surface area is 108 Å². The number of rotatable bonds is 5. The van der Waals surface area contributed by atoms with E-state index in [-0.39, 0.29) is 11.5 Å². The van der Waals surface area contributed by atoms with Crippen LogP contribution in [0.4, 0.5) is 0 Å². The van der Waals surface area contributed by atoms with Crippen molar-refractivity contribution in [2.75, 3.05) is 7.11 Å². The summed E-state index contributed by atoms with van der Waals surface area (Å²) in [4.78, 5) is 11.3. The molecule has 0 saturated heterocycles. The summed E-state index contributed by atoms with van der Waals surface area (Å²) >= 11 is 0. The number of hydrogen-bond donors (Lipinski definition) is 0. The van der Waals surface area contributed by atoms with Gasteiger partial charge in [-0.25, -0.2) is 8.42 Å². The van der Waals surface area contributed by atoms with Gasteiger partial charge in [0.1, 0.15) is 5.75 Å². The molecular weight excluding hydrogens is 252 g/mol. The Morgan fingerprint density at radius 3 is 2.39 bits per heavy atom. The summed E-state index contributed by atoms with van der Waals surface area (Å²) in [5.74, 6) is 0.277. The monoisotopic (exact) mass is 270 g/mol. The number of methoxy groups -OCH3 is 1. The zero-order chi connectivity index (χ0) is 13.9. The van der Waals surface area contributed by atoms with E-state index in [4.69, 9.17) is 4.74 Å². The lowest BCUT2D eigenvalue weighted by Gasteiger charge is -2.12. The van der Waals surface area contributed by atoms with E-state index in [0.717, 1.165) is 0 Å². The van der Waals surface area contributed by atoms with Crippen LogP contribution in [-0.2, 0) is 15.6 Å². The Balaban J connectivity index is 3.21. The van der Waals surface area contributed by atoms with Gasteiger partial charge < -0.3 is 4.74 Å². The molecule has 1 rings (SSSR count). The Morgan fingerprint density at radius 1 is 1.33 bits per heavy atom. The summed E-state index contributed by atoms with van der Waals surface area (Å²) in [7, 11) is -1.74. The Morgan fingerprint density at radius 2 is 1.94 bits per heavy atom. The van der Waals surface area contributed by atoms with Gasteiger partial charge in [-0.05, 0) is 39.0 Å². The molecule has 0 aromatic heterocycles. The molecule has 1 aromatic rings. The summed E-state index contributed by atoms with van der Waals surface area (Å²) in [6, 6.07) is 4.84. The van der Waals surface area contributed by atoms with E-state index >= 15 is 0 Å². The average Bonchev–Trinajstić information content (AvgIpc) is 2.28. The average molecular weight is 270 g/mol. The van der Waals surface area contributed by atoms with Crippen LogP contribution in [0.25, 0.3) is 0 Å². The maximum absolute atomic E-state index is 11.9. The fraction of sp³-hybridized carbons (Fsp3) is 0.462. The first kappa shape index (κ1) is 14.7. The smallest absolute Gasteiger partial charge is 0.159 e. The van der Waals surface area contributed by atoms with Crippen LogP contribution >= 0.6 is 0 Å². The number of Topliss-reactive ketones (excluding diaryl/α,β-unsaturated/α-hetero) is 1. The fourth-order valence-corrected chi connectivity index (χ4v) is 2.49. The highest BCUT2D eigenvalue weighted by molar-refractivity contribution is 7.91. The minimum absolute atomic E-state index is 0.0964. The van der Waals surface area contributed by atoms with Crippen LogP contribution < -0.4 is 4.74 Å². The van der Waals surface area contributed by atoms with Gasteiger partial charge >= 0.3 is 0 Å². The molecule has 4 nitrogen and oxygen atoms in total. The number of ether oxygens (including phenoxy) is 1. The quantitative estimate of drug-likeness (QED) is 0.770. The molecule has 0 aliphatic heterocycles. The van der Waals surface area contributed by atoms with Gasteiger partial charge in [0.05, 0.1) is 18.1 Å². The van der Waals surface area contributed by atoms with Crippen molar-refractivity contribution < 1.29 is 17.9 Å². The second-order valence-electron chi connectivity index (χ2n) is 4.44. The van der Waals surface area contributed by atoms with Gasteiger partial charge in [-0.1, -0.05) is 0 Å². The molecule has 0 heterocycles. The molecule has 0 N–H and O–H groups in total. The number of ketones is 1. The third-order valence-electron chi connectivity index (χ3n) is 2.76. The van der Waals surface area contributed by atoms with E-state index in [1.165, 1.54) is 14.0 Å². The molecule has 18 heavy (non-hydrogen) atoms. The Kier molecular flexibility index (Phi) is 4.51. The van der Waals surface area contributed by atoms with Crippen molar-refractivity contribution in [3.05, 3.63) is 29.3 Å². The van der Waals surface area contributed by atoms with E-state index in [9.17, 15) is 13.2 Å². The van der Waals surface area contributed by atoms with Gasteiger partial charge in [0.15, 0.2) is 15.6 Å². The van der Waals surface area contributed by atoms with Crippen LogP contribution in [0.3, 0.4) is 0 Å². The SMILES string of the molecule is COc1ccc(C(C)=O)cc1CS(=O)(=O)C(C)C. The predicted octanol–water partition coefficient (Wildman–Crippen LogP) is 2.22. The number of hydrogen-bond acceptors (Lipinski definition) is 4. The molecule has 0 fully saturated rings. The number of sulfone groups is 1. The molecule has 0 aliphatic carbocycles. The highest BCUT2D eigenvalue weighted by Gasteiger charge is 2.19. The second kappa shape index (κ2) is 5.52. The summed E-state index contributed by atoms with van der Waals surface area (Å²) in [5, 5.41) is -0.455. The maximum atomic E-state index is 11.9. The molecule has 0 radical (unpaired) electrons. The van der Waals surface area contributed by atoms with Crippen LogP contribution in [0.5, 0.6) is 5.75 Å². The van der Waals surface area contributed by atoms with Crippen molar-refractivity contribution >= 4 is 15.6 Å². The molecule has 0 atom stereocenters. The predicted molar refractivity (Wildman–Crippen MR) is 70.8 cm³/mol. The van der Waals surface area contributed by atoms with E-state index in [0.29, 0.717) is 16.9 Å². The van der Waals surface area contributed by atoms with Crippen molar-refractivity contribution in [2.45, 2.75) is 31.8 Å². The largest absolute Gasteiger partial charge is 0.496 e. The normalized spacial score (nSPS) is 11.6. The Bertz CT molecular complexity index is 544. The fourth-order valence-electron chi connectivity index (χ4n) is 1.49. The number of benzene rings is 1. The third-order valence-corrected chi connectivity index (χ3v) is 4.91. The first-order valence-electron chi connectivity index (χ1n) is 5.67. The lowest BCUT2D eigenvalue weighted by Crippen LogP contribution is -2.16. The molecule has 0 saturated carbocycles. The van der Waals surface area contributed by atoms with Gasteiger partial charge in [0, 0.05) is 11.1 Å². The first-order valence-corrected chi connectivity index (χ1v) is 7.39. The van der Waals surface area contributed by atoms with Crippen LogP contribution in [0.15, 0.2) is 18.2 Å². The standard InChI is InChI=1S/C13H18O4S/c1-9(2)18(15,16)8-12-7-11(10(3)14)5-6-13(12)17-4/h5-7,9H,8H2,1-4H3. The zero-order valence-corrected chi connectivity index (χ0v) is 11.9. The lowest BCUT2D eigenvalue weighted by atomic mass is 10.1. The second-order valence-corrected chi connectivity index (χ2v) is 7.00.